The molecule has 2 atom stereocenters. The number of hydrogen-bond acceptors (Lipinski definition) is 0. The number of rotatable bonds is 0. The Bertz CT molecular complexity index is 188. The van der Waals surface area contributed by atoms with E-state index in [1.165, 1.54) is 0 Å². The fourth-order valence-electron chi connectivity index (χ4n) is 1.43. The zero-order chi connectivity index (χ0) is 6.43. The summed E-state index contributed by atoms with van der Waals surface area (Å²) in [6.07, 6.45) is 5.38. The van der Waals surface area contributed by atoms with E-state index < -0.39 is 0 Å². The summed E-state index contributed by atoms with van der Waals surface area (Å²) < 4.78 is 0. The van der Waals surface area contributed by atoms with E-state index in [0.29, 0.717) is 11.8 Å². The molecule has 0 aliphatic heterocycles. The Morgan fingerprint density at radius 3 is 1.70 bits per heavy atom. The van der Waals surface area contributed by atoms with Crippen LogP contribution in [0, 0.1) is 11.8 Å². The monoisotopic (exact) mass is 266 g/mol. The van der Waals surface area contributed by atoms with E-state index in [0.717, 1.165) is 16.5 Å². The summed E-state index contributed by atoms with van der Waals surface area (Å²) in [5.41, 5.74) is 0. The van der Waals surface area contributed by atoms with Crippen molar-refractivity contribution in [2.45, 2.75) is 6.42 Å². The van der Waals surface area contributed by atoms with E-state index in [1.807, 2.05) is 0 Å². The first-order valence-electron chi connectivity index (χ1n) is 3.02. The molecule has 0 N–H and O–H groups in total. The molecule has 2 aliphatic rings. The van der Waals surface area contributed by atoms with E-state index in [2.05, 4.69) is 12.2 Å². The van der Waals surface area contributed by atoms with Crippen molar-refractivity contribution >= 4 is 23.2 Å². The molecular formula is C7H6Cl2Pd. The molecule has 0 saturated carbocycles. The molecule has 58 valence electrons. The van der Waals surface area contributed by atoms with Crippen molar-refractivity contribution in [1.29, 1.82) is 0 Å². The van der Waals surface area contributed by atoms with Gasteiger partial charge in [-0.2, -0.15) is 0 Å². The van der Waals surface area contributed by atoms with E-state index >= 15 is 0 Å². The standard InChI is InChI=1S/C7H6Cl2.Pd/c8-6-4-1-2-5(3-4)7(6)9;/h1-2,4-5H,3H2;. The molecule has 0 heterocycles. The predicted molar refractivity (Wildman–Crippen MR) is 39.5 cm³/mol. The predicted octanol–water partition coefficient (Wildman–Crippen LogP) is 2.88. The van der Waals surface area contributed by atoms with Gasteiger partial charge in [0.15, 0.2) is 0 Å². The molecule has 0 nitrogen and oxygen atoms in total. The molecule has 3 heteroatoms. The molecule has 0 aromatic rings. The summed E-state index contributed by atoms with van der Waals surface area (Å²) in [7, 11) is 0. The summed E-state index contributed by atoms with van der Waals surface area (Å²) in [5, 5.41) is 1.73. The molecule has 0 saturated heterocycles. The molecule has 10 heavy (non-hydrogen) atoms. The molecule has 2 aliphatic carbocycles. The van der Waals surface area contributed by atoms with Crippen molar-refractivity contribution in [2.24, 2.45) is 11.8 Å². The van der Waals surface area contributed by atoms with Crippen molar-refractivity contribution in [3.8, 4) is 0 Å². The Kier molecular flexibility index (Phi) is 2.64. The topological polar surface area (TPSA) is 0 Å². The average Bonchev–Trinajstić information content (AvgIpc) is 2.37. The number of hydrogen-bond donors (Lipinski definition) is 0. The van der Waals surface area contributed by atoms with Crippen molar-refractivity contribution in [3.63, 3.8) is 0 Å². The molecule has 0 aromatic heterocycles. The van der Waals surface area contributed by atoms with Gasteiger partial charge in [0.05, 0.1) is 0 Å². The second-order valence-corrected chi connectivity index (χ2v) is 3.34. The van der Waals surface area contributed by atoms with Crippen LogP contribution in [0.2, 0.25) is 0 Å². The van der Waals surface area contributed by atoms with Crippen LogP contribution in [0.15, 0.2) is 22.2 Å². The SMILES string of the molecule is ClC1=C(Cl)C2C=CC1C2.[Pd]. The normalized spacial score (nSPS) is 35.0. The van der Waals surface area contributed by atoms with E-state index in [-0.39, 0.29) is 20.4 Å². The summed E-state index contributed by atoms with van der Waals surface area (Å²) >= 11 is 11.7. The Hall–Kier alpha value is 0.722. The van der Waals surface area contributed by atoms with Gasteiger partial charge in [0, 0.05) is 42.3 Å². The third-order valence-corrected chi connectivity index (χ3v) is 3.03. The van der Waals surface area contributed by atoms with Gasteiger partial charge in [-0.3, -0.25) is 0 Å². The molecule has 0 fully saturated rings. The Morgan fingerprint density at radius 1 is 1.10 bits per heavy atom. The smallest absolute Gasteiger partial charge is 0.0400 e. The fraction of sp³-hybridized carbons (Fsp3) is 0.429. The van der Waals surface area contributed by atoms with E-state index in [4.69, 9.17) is 23.2 Å². The second kappa shape index (κ2) is 2.99. The zero-order valence-electron chi connectivity index (χ0n) is 5.09. The maximum absolute atomic E-state index is 5.86. The van der Waals surface area contributed by atoms with Crippen LogP contribution >= 0.6 is 23.2 Å². The largest absolute Gasteiger partial charge is 0.0872 e. The maximum atomic E-state index is 5.86. The Morgan fingerprint density at radius 2 is 1.50 bits per heavy atom. The number of fused-ring (bicyclic) bond motifs is 2. The van der Waals surface area contributed by atoms with Gasteiger partial charge in [0.1, 0.15) is 0 Å². The summed E-state index contributed by atoms with van der Waals surface area (Å²) in [4.78, 5) is 0. The first-order valence-corrected chi connectivity index (χ1v) is 3.78. The van der Waals surface area contributed by atoms with Gasteiger partial charge in [0.25, 0.3) is 0 Å². The van der Waals surface area contributed by atoms with Crippen molar-refractivity contribution in [2.75, 3.05) is 0 Å². The first kappa shape index (κ1) is 8.82. The summed E-state index contributed by atoms with van der Waals surface area (Å²) in [6, 6.07) is 0. The molecular weight excluding hydrogens is 261 g/mol. The molecule has 2 unspecified atom stereocenters. The molecule has 0 aromatic carbocycles. The molecule has 0 amide bonds. The molecule has 0 spiro atoms. The van der Waals surface area contributed by atoms with Gasteiger partial charge in [-0.25, -0.2) is 0 Å². The van der Waals surface area contributed by atoms with Gasteiger partial charge in [0.2, 0.25) is 0 Å². The molecule has 2 rings (SSSR count). The van der Waals surface area contributed by atoms with Crippen LogP contribution in [-0.2, 0) is 20.4 Å². The second-order valence-electron chi connectivity index (χ2n) is 2.53. The van der Waals surface area contributed by atoms with Crippen LogP contribution in [0.4, 0.5) is 0 Å². The number of allylic oxidation sites excluding steroid dienone is 4. The van der Waals surface area contributed by atoms with E-state index in [1.54, 1.807) is 0 Å². The van der Waals surface area contributed by atoms with Crippen LogP contribution in [0.25, 0.3) is 0 Å². The van der Waals surface area contributed by atoms with Crippen LogP contribution in [0.5, 0.6) is 0 Å². The third kappa shape index (κ3) is 1.10. The maximum Gasteiger partial charge on any atom is 0.0400 e. The van der Waals surface area contributed by atoms with Gasteiger partial charge >= 0.3 is 0 Å². The van der Waals surface area contributed by atoms with Crippen molar-refractivity contribution < 1.29 is 20.4 Å². The third-order valence-electron chi connectivity index (χ3n) is 1.96. The van der Waals surface area contributed by atoms with Crippen LogP contribution in [-0.4, -0.2) is 0 Å². The quantitative estimate of drug-likeness (QED) is 0.468. The van der Waals surface area contributed by atoms with Gasteiger partial charge in [-0.05, 0) is 6.42 Å². The Balaban J connectivity index is 0.000000500. The average molecular weight is 267 g/mol. The molecule has 2 bridgehead atoms. The van der Waals surface area contributed by atoms with Crippen LogP contribution in [0.1, 0.15) is 6.42 Å². The Labute approximate surface area is 83.9 Å². The van der Waals surface area contributed by atoms with Crippen molar-refractivity contribution in [3.05, 3.63) is 22.2 Å². The van der Waals surface area contributed by atoms with E-state index in [9.17, 15) is 0 Å². The summed E-state index contributed by atoms with van der Waals surface area (Å²) in [6.45, 7) is 0. The van der Waals surface area contributed by atoms with Crippen LogP contribution in [0.3, 0.4) is 0 Å². The van der Waals surface area contributed by atoms with Crippen molar-refractivity contribution in [1.82, 2.24) is 0 Å². The minimum Gasteiger partial charge on any atom is -0.0872 e. The molecule has 0 radical (unpaired) electrons. The van der Waals surface area contributed by atoms with Crippen LogP contribution < -0.4 is 0 Å². The zero-order valence-corrected chi connectivity index (χ0v) is 8.16. The first-order chi connectivity index (χ1) is 4.29. The van der Waals surface area contributed by atoms with Gasteiger partial charge in [-0.1, -0.05) is 35.4 Å². The summed E-state index contributed by atoms with van der Waals surface area (Å²) in [5.74, 6) is 0.897. The van der Waals surface area contributed by atoms with Gasteiger partial charge in [-0.15, -0.1) is 0 Å². The fourth-order valence-corrected chi connectivity index (χ4v) is 2.03. The minimum absolute atomic E-state index is 0. The van der Waals surface area contributed by atoms with Gasteiger partial charge < -0.3 is 0 Å². The minimum atomic E-state index is 0. The number of halogens is 2.